The quantitative estimate of drug-likeness (QED) is 0.667. The van der Waals surface area contributed by atoms with Crippen molar-refractivity contribution < 1.29 is 9.47 Å². The highest BCUT2D eigenvalue weighted by Gasteiger charge is 2.25. The lowest BCUT2D eigenvalue weighted by Gasteiger charge is -2.21. The molecule has 1 aromatic carbocycles. The van der Waals surface area contributed by atoms with Gasteiger partial charge in [0.25, 0.3) is 0 Å². The average Bonchev–Trinajstić information content (AvgIpc) is 3.25. The van der Waals surface area contributed by atoms with E-state index in [4.69, 9.17) is 14.5 Å². The fraction of sp³-hybridized carbons (Fsp3) is 0.348. The van der Waals surface area contributed by atoms with Crippen LogP contribution in [0.2, 0.25) is 0 Å². The number of ether oxygens (including phenoxy) is 2. The molecular weight excluding hydrogens is 378 g/mol. The first-order valence-electron chi connectivity index (χ1n) is 10.1. The third-order valence-electron chi connectivity index (χ3n) is 5.54. The molecule has 7 nitrogen and oxygen atoms in total. The monoisotopic (exact) mass is 405 g/mol. The Morgan fingerprint density at radius 2 is 1.83 bits per heavy atom. The van der Waals surface area contributed by atoms with Crippen LogP contribution in [0.4, 0.5) is 11.5 Å². The van der Waals surface area contributed by atoms with Gasteiger partial charge in [-0.3, -0.25) is 4.98 Å². The Hall–Kier alpha value is -3.35. The van der Waals surface area contributed by atoms with Crippen molar-refractivity contribution in [3.05, 3.63) is 54.0 Å². The van der Waals surface area contributed by atoms with Crippen LogP contribution in [0.25, 0.3) is 11.4 Å². The van der Waals surface area contributed by atoms with Crippen LogP contribution in [-0.2, 0) is 0 Å². The topological polar surface area (TPSA) is 72.4 Å². The molecule has 0 radical (unpaired) electrons. The maximum absolute atomic E-state index is 5.42. The van der Waals surface area contributed by atoms with E-state index in [9.17, 15) is 0 Å². The number of aryl methyl sites for hydroxylation is 1. The molecule has 1 aliphatic rings. The third kappa shape index (κ3) is 4.15. The highest BCUT2D eigenvalue weighted by molar-refractivity contribution is 5.60. The molecule has 1 unspecified atom stereocenters. The minimum atomic E-state index is 0.289. The predicted molar refractivity (Wildman–Crippen MR) is 119 cm³/mol. The van der Waals surface area contributed by atoms with Crippen molar-refractivity contribution in [2.45, 2.75) is 26.3 Å². The zero-order valence-electron chi connectivity index (χ0n) is 17.8. The predicted octanol–water partition coefficient (Wildman–Crippen LogP) is 3.86. The van der Waals surface area contributed by atoms with E-state index >= 15 is 0 Å². The normalized spacial score (nSPS) is 15.9. The van der Waals surface area contributed by atoms with E-state index in [1.54, 1.807) is 26.6 Å². The van der Waals surface area contributed by atoms with Crippen LogP contribution in [0, 0.1) is 13.8 Å². The van der Waals surface area contributed by atoms with Gasteiger partial charge in [-0.1, -0.05) is 0 Å². The Labute approximate surface area is 177 Å². The van der Waals surface area contributed by atoms with Crippen molar-refractivity contribution in [1.29, 1.82) is 0 Å². The molecule has 0 spiro atoms. The Bertz CT molecular complexity index is 1000. The summed E-state index contributed by atoms with van der Waals surface area (Å²) in [5.74, 6) is 3.17. The van der Waals surface area contributed by atoms with Gasteiger partial charge in [0.15, 0.2) is 5.82 Å². The van der Waals surface area contributed by atoms with Gasteiger partial charge in [-0.25, -0.2) is 9.97 Å². The van der Waals surface area contributed by atoms with E-state index in [2.05, 4.69) is 27.1 Å². The number of benzene rings is 1. The van der Waals surface area contributed by atoms with Gasteiger partial charge in [-0.2, -0.15) is 0 Å². The van der Waals surface area contributed by atoms with Crippen LogP contribution in [0.15, 0.2) is 42.7 Å². The van der Waals surface area contributed by atoms with Crippen LogP contribution >= 0.6 is 0 Å². The zero-order valence-corrected chi connectivity index (χ0v) is 17.8. The number of anilines is 2. The van der Waals surface area contributed by atoms with Crippen molar-refractivity contribution in [2.24, 2.45) is 0 Å². The van der Waals surface area contributed by atoms with Gasteiger partial charge in [-0.15, -0.1) is 0 Å². The summed E-state index contributed by atoms with van der Waals surface area (Å²) in [7, 11) is 3.35. The SMILES string of the molecule is COc1cc(OC)cc(N2CCC(Nc3nc(-c4cccnc4)nc(C)c3C)C2)c1. The minimum absolute atomic E-state index is 0.289. The maximum atomic E-state index is 5.42. The van der Waals surface area contributed by atoms with E-state index in [0.29, 0.717) is 5.82 Å². The molecule has 7 heteroatoms. The number of hydrogen-bond acceptors (Lipinski definition) is 7. The fourth-order valence-corrected chi connectivity index (χ4v) is 3.67. The van der Waals surface area contributed by atoms with Crippen molar-refractivity contribution >= 4 is 11.5 Å². The second-order valence-electron chi connectivity index (χ2n) is 7.49. The van der Waals surface area contributed by atoms with Gasteiger partial charge in [0.05, 0.1) is 14.2 Å². The molecule has 0 aliphatic carbocycles. The Morgan fingerprint density at radius 1 is 1.07 bits per heavy atom. The molecule has 1 aliphatic heterocycles. The van der Waals surface area contributed by atoms with Crippen molar-refractivity contribution in [2.75, 3.05) is 37.5 Å². The first kappa shape index (κ1) is 19.9. The van der Waals surface area contributed by atoms with Crippen LogP contribution in [0.3, 0.4) is 0 Å². The lowest BCUT2D eigenvalue weighted by Crippen LogP contribution is -2.27. The second-order valence-corrected chi connectivity index (χ2v) is 7.49. The molecule has 30 heavy (non-hydrogen) atoms. The number of methoxy groups -OCH3 is 2. The van der Waals surface area contributed by atoms with Crippen LogP contribution in [0.5, 0.6) is 11.5 Å². The molecule has 3 aromatic rings. The van der Waals surface area contributed by atoms with E-state index < -0.39 is 0 Å². The lowest BCUT2D eigenvalue weighted by atomic mass is 10.2. The molecule has 4 rings (SSSR count). The zero-order chi connectivity index (χ0) is 21.1. The summed E-state index contributed by atoms with van der Waals surface area (Å²) in [4.78, 5) is 16.0. The number of rotatable bonds is 6. The average molecular weight is 406 g/mol. The van der Waals surface area contributed by atoms with Gasteiger partial charge >= 0.3 is 0 Å². The van der Waals surface area contributed by atoms with Gasteiger partial charge in [0.1, 0.15) is 17.3 Å². The highest BCUT2D eigenvalue weighted by atomic mass is 16.5. The summed E-state index contributed by atoms with van der Waals surface area (Å²) in [6, 6.07) is 10.2. The highest BCUT2D eigenvalue weighted by Crippen LogP contribution is 2.31. The van der Waals surface area contributed by atoms with Gasteiger partial charge < -0.3 is 19.7 Å². The van der Waals surface area contributed by atoms with E-state index in [-0.39, 0.29) is 6.04 Å². The van der Waals surface area contributed by atoms with Crippen molar-refractivity contribution in [1.82, 2.24) is 15.0 Å². The molecule has 2 aromatic heterocycles. The molecule has 0 saturated carbocycles. The lowest BCUT2D eigenvalue weighted by molar-refractivity contribution is 0.394. The summed E-state index contributed by atoms with van der Waals surface area (Å²) < 4.78 is 10.8. The fourth-order valence-electron chi connectivity index (χ4n) is 3.67. The van der Waals surface area contributed by atoms with Gasteiger partial charge in [0.2, 0.25) is 0 Å². The largest absolute Gasteiger partial charge is 0.497 e. The first-order chi connectivity index (χ1) is 14.6. The molecular formula is C23H27N5O2. The van der Waals surface area contributed by atoms with Crippen LogP contribution in [-0.4, -0.2) is 48.3 Å². The molecule has 1 fully saturated rings. The summed E-state index contributed by atoms with van der Waals surface area (Å²) in [5.41, 5.74) is 4.06. The summed E-state index contributed by atoms with van der Waals surface area (Å²) in [6.07, 6.45) is 4.57. The van der Waals surface area contributed by atoms with Crippen molar-refractivity contribution in [3.8, 4) is 22.9 Å². The molecule has 0 amide bonds. The molecule has 1 atom stereocenters. The van der Waals surface area contributed by atoms with Crippen molar-refractivity contribution in [3.63, 3.8) is 0 Å². The molecule has 1 N–H and O–H groups in total. The van der Waals surface area contributed by atoms with E-state index in [1.807, 2.05) is 37.3 Å². The number of nitrogens with one attached hydrogen (secondary N) is 1. The number of aromatic nitrogens is 3. The number of hydrogen-bond donors (Lipinski definition) is 1. The Kier molecular flexibility index (Phi) is 5.70. The number of pyridine rings is 1. The standard InChI is InChI=1S/C23H27N5O2/c1-15-16(2)25-23(17-6-5-8-24-13-17)27-22(15)26-18-7-9-28(14-18)19-10-20(29-3)12-21(11-19)30-4/h5-6,8,10-13,18H,7,9,14H2,1-4H3,(H,25,26,27). The summed E-state index contributed by atoms with van der Waals surface area (Å²) in [5, 5.41) is 3.64. The van der Waals surface area contributed by atoms with Crippen LogP contribution < -0.4 is 19.7 Å². The van der Waals surface area contributed by atoms with E-state index in [0.717, 1.165) is 59.3 Å². The first-order valence-corrected chi connectivity index (χ1v) is 10.1. The summed E-state index contributed by atoms with van der Waals surface area (Å²) in [6.45, 7) is 5.91. The maximum Gasteiger partial charge on any atom is 0.163 e. The van der Waals surface area contributed by atoms with E-state index in [1.165, 1.54) is 0 Å². The van der Waals surface area contributed by atoms with Crippen LogP contribution in [0.1, 0.15) is 17.7 Å². The minimum Gasteiger partial charge on any atom is -0.497 e. The second kappa shape index (κ2) is 8.57. The molecule has 0 bridgehead atoms. The molecule has 156 valence electrons. The summed E-state index contributed by atoms with van der Waals surface area (Å²) >= 11 is 0. The third-order valence-corrected chi connectivity index (χ3v) is 5.54. The van der Waals surface area contributed by atoms with Gasteiger partial charge in [-0.05, 0) is 32.4 Å². The van der Waals surface area contributed by atoms with Gasteiger partial charge in [0, 0.05) is 72.2 Å². The Morgan fingerprint density at radius 3 is 2.50 bits per heavy atom. The Balaban J connectivity index is 1.53. The molecule has 3 heterocycles. The molecule has 1 saturated heterocycles. The number of nitrogens with zero attached hydrogens (tertiary/aromatic N) is 4. The smallest absolute Gasteiger partial charge is 0.163 e.